The summed E-state index contributed by atoms with van der Waals surface area (Å²) in [6.07, 6.45) is 0. The molecule has 0 saturated heterocycles. The Hall–Kier alpha value is -2.48. The van der Waals surface area contributed by atoms with Crippen molar-refractivity contribution in [3.05, 3.63) is 44.5 Å². The lowest BCUT2D eigenvalue weighted by Gasteiger charge is -2.31. The zero-order valence-corrected chi connectivity index (χ0v) is 20.9. The predicted molar refractivity (Wildman–Crippen MR) is 137 cm³/mol. The molecule has 4 aromatic carbocycles. The molecule has 4 aromatic rings. The van der Waals surface area contributed by atoms with Crippen LogP contribution in [-0.2, 0) is 0 Å². The predicted octanol–water partition coefficient (Wildman–Crippen LogP) is 7.18. The van der Waals surface area contributed by atoms with Gasteiger partial charge in [-0.2, -0.15) is 0 Å². The van der Waals surface area contributed by atoms with E-state index < -0.39 is 0 Å². The lowest BCUT2D eigenvalue weighted by atomic mass is 9.78. The van der Waals surface area contributed by atoms with Gasteiger partial charge < -0.3 is 9.80 Å². The average molecular weight is 401 g/mol. The maximum atomic E-state index is 2.32. The Morgan fingerprint density at radius 3 is 0.800 bits per heavy atom. The first-order valence-electron chi connectivity index (χ1n) is 11.0. The van der Waals surface area contributed by atoms with Crippen molar-refractivity contribution in [2.45, 2.75) is 55.4 Å². The van der Waals surface area contributed by atoms with Gasteiger partial charge in [-0.1, -0.05) is 0 Å². The van der Waals surface area contributed by atoms with Crippen molar-refractivity contribution in [1.82, 2.24) is 0 Å². The number of hydrogen-bond acceptors (Lipinski definition) is 2. The maximum Gasteiger partial charge on any atom is 0.0476 e. The number of anilines is 2. The van der Waals surface area contributed by atoms with Crippen LogP contribution in [0.3, 0.4) is 0 Å². The minimum absolute atomic E-state index is 1.37. The Bertz CT molecular complexity index is 1250. The Morgan fingerprint density at radius 2 is 0.533 bits per heavy atom. The van der Waals surface area contributed by atoms with Crippen LogP contribution in [-0.4, -0.2) is 28.2 Å². The van der Waals surface area contributed by atoms with Gasteiger partial charge in [0.05, 0.1) is 0 Å². The van der Waals surface area contributed by atoms with Crippen LogP contribution in [0.25, 0.3) is 32.3 Å². The number of aryl methyl sites for hydroxylation is 6. The van der Waals surface area contributed by atoms with Gasteiger partial charge in [0.25, 0.3) is 0 Å². The van der Waals surface area contributed by atoms with Gasteiger partial charge in [-0.15, -0.1) is 0 Å². The van der Waals surface area contributed by atoms with Gasteiger partial charge >= 0.3 is 0 Å². The Morgan fingerprint density at radius 1 is 0.300 bits per heavy atom. The van der Waals surface area contributed by atoms with E-state index in [4.69, 9.17) is 0 Å². The van der Waals surface area contributed by atoms with Gasteiger partial charge in [-0.3, -0.25) is 0 Å². The van der Waals surface area contributed by atoms with Crippen molar-refractivity contribution in [2.75, 3.05) is 38.0 Å². The normalized spacial score (nSPS) is 12.0. The van der Waals surface area contributed by atoms with Gasteiger partial charge in [0, 0.05) is 61.1 Å². The van der Waals surface area contributed by atoms with Crippen molar-refractivity contribution in [1.29, 1.82) is 0 Å². The topological polar surface area (TPSA) is 6.48 Å². The molecular weight excluding hydrogens is 364 g/mol. The molecule has 0 spiro atoms. The summed E-state index contributed by atoms with van der Waals surface area (Å²) >= 11 is 0. The smallest absolute Gasteiger partial charge is 0.0476 e. The molecule has 0 aromatic heterocycles. The Labute approximate surface area is 181 Å². The summed E-state index contributed by atoms with van der Waals surface area (Å²) in [5.74, 6) is 0. The monoisotopic (exact) mass is 400 g/mol. The maximum absolute atomic E-state index is 2.32. The highest BCUT2D eigenvalue weighted by Gasteiger charge is 2.27. The molecule has 0 saturated carbocycles. The summed E-state index contributed by atoms with van der Waals surface area (Å²) in [7, 11) is 8.75. The molecule has 0 atom stereocenters. The molecule has 30 heavy (non-hydrogen) atoms. The zero-order valence-electron chi connectivity index (χ0n) is 20.9. The summed E-state index contributed by atoms with van der Waals surface area (Å²) in [4.78, 5) is 4.63. The van der Waals surface area contributed by atoms with Crippen LogP contribution >= 0.6 is 0 Å². The number of nitrogens with zero attached hydrogens (tertiary/aromatic N) is 2. The van der Waals surface area contributed by atoms with Crippen LogP contribution in [0, 0.1) is 55.4 Å². The van der Waals surface area contributed by atoms with Crippen LogP contribution < -0.4 is 9.80 Å². The molecule has 0 aliphatic heterocycles. The first-order valence-corrected chi connectivity index (χ1v) is 11.0. The van der Waals surface area contributed by atoms with Gasteiger partial charge in [-0.25, -0.2) is 0 Å². The molecule has 0 fully saturated rings. The quantitative estimate of drug-likeness (QED) is 0.329. The van der Waals surface area contributed by atoms with Crippen LogP contribution in [0.15, 0.2) is 0 Å². The first-order chi connectivity index (χ1) is 13.9. The van der Waals surface area contributed by atoms with E-state index >= 15 is 0 Å². The second-order valence-electron chi connectivity index (χ2n) is 9.74. The molecule has 0 radical (unpaired) electrons. The molecule has 0 bridgehead atoms. The van der Waals surface area contributed by atoms with E-state index in [1.807, 2.05) is 0 Å². The highest BCUT2D eigenvalue weighted by Crippen LogP contribution is 2.51. The SMILES string of the molecule is Cc1c(C)c2c(C)c(C)c3c(N(C)C)c(C)c(C)c4c(C)c(C)c(c1N(C)C)c2c43. The lowest BCUT2D eigenvalue weighted by molar-refractivity contribution is 1.11. The highest BCUT2D eigenvalue weighted by molar-refractivity contribution is 6.32. The molecule has 0 heterocycles. The molecule has 0 aliphatic carbocycles. The summed E-state index contributed by atoms with van der Waals surface area (Å²) in [5, 5.41) is 8.71. The first kappa shape index (κ1) is 20.8. The molecule has 0 aliphatic rings. The largest absolute Gasteiger partial charge is 0.377 e. The van der Waals surface area contributed by atoms with E-state index in [0.717, 1.165) is 0 Å². The third kappa shape index (κ3) is 2.31. The molecular formula is C28H36N2. The van der Waals surface area contributed by atoms with Crippen molar-refractivity contribution in [3.8, 4) is 0 Å². The minimum atomic E-state index is 1.37. The second kappa shape index (κ2) is 6.51. The van der Waals surface area contributed by atoms with Gasteiger partial charge in [0.15, 0.2) is 0 Å². The van der Waals surface area contributed by atoms with E-state index in [9.17, 15) is 0 Å². The van der Waals surface area contributed by atoms with Crippen LogP contribution in [0.4, 0.5) is 11.4 Å². The number of benzene rings is 4. The van der Waals surface area contributed by atoms with E-state index in [2.05, 4.69) is 93.4 Å². The molecule has 0 unspecified atom stereocenters. The summed E-state index contributed by atoms with van der Waals surface area (Å²) in [6.45, 7) is 18.5. The molecule has 4 rings (SSSR count). The fourth-order valence-electron chi connectivity index (χ4n) is 6.00. The van der Waals surface area contributed by atoms with Crippen molar-refractivity contribution < 1.29 is 0 Å². The Balaban J connectivity index is 2.59. The minimum Gasteiger partial charge on any atom is -0.377 e. The van der Waals surface area contributed by atoms with Gasteiger partial charge in [0.2, 0.25) is 0 Å². The summed E-state index contributed by atoms with van der Waals surface area (Å²) < 4.78 is 0. The van der Waals surface area contributed by atoms with E-state index in [-0.39, 0.29) is 0 Å². The van der Waals surface area contributed by atoms with Crippen molar-refractivity contribution in [2.24, 2.45) is 0 Å². The number of rotatable bonds is 2. The third-order valence-electron chi connectivity index (χ3n) is 7.83. The van der Waals surface area contributed by atoms with Crippen molar-refractivity contribution in [3.63, 3.8) is 0 Å². The van der Waals surface area contributed by atoms with Gasteiger partial charge in [0.1, 0.15) is 0 Å². The zero-order chi connectivity index (χ0) is 22.4. The molecule has 0 N–H and O–H groups in total. The fraction of sp³-hybridized carbons (Fsp3) is 0.429. The highest BCUT2D eigenvalue weighted by atomic mass is 15.1. The molecule has 2 nitrogen and oxygen atoms in total. The van der Waals surface area contributed by atoms with E-state index in [0.29, 0.717) is 0 Å². The summed E-state index contributed by atoms with van der Waals surface area (Å²) in [5.41, 5.74) is 14.1. The Kier molecular flexibility index (Phi) is 4.51. The standard InChI is InChI=1S/C28H36N2/c1-13-15(3)23-26-22(18(6)20(8)27(23)29(9)10)14(2)16(4)24-25(26)21(13)17(5)19(7)28(24)30(11)12/h1-12H3. The molecule has 0 amide bonds. The van der Waals surface area contributed by atoms with Crippen LogP contribution in [0.2, 0.25) is 0 Å². The molecule has 158 valence electrons. The second-order valence-corrected chi connectivity index (χ2v) is 9.74. The summed E-state index contributed by atoms with van der Waals surface area (Å²) in [6, 6.07) is 0. The average Bonchev–Trinajstić information content (AvgIpc) is 2.66. The van der Waals surface area contributed by atoms with E-state index in [1.165, 1.54) is 88.2 Å². The fourth-order valence-corrected chi connectivity index (χ4v) is 6.00. The van der Waals surface area contributed by atoms with E-state index in [1.54, 1.807) is 0 Å². The van der Waals surface area contributed by atoms with Crippen LogP contribution in [0.5, 0.6) is 0 Å². The van der Waals surface area contributed by atoms with Gasteiger partial charge in [-0.05, 0) is 111 Å². The number of hydrogen-bond donors (Lipinski definition) is 0. The molecule has 2 heteroatoms. The van der Waals surface area contributed by atoms with Crippen LogP contribution in [0.1, 0.15) is 44.5 Å². The third-order valence-corrected chi connectivity index (χ3v) is 7.83. The van der Waals surface area contributed by atoms with Crippen molar-refractivity contribution >= 4 is 43.7 Å². The lowest BCUT2D eigenvalue weighted by Crippen LogP contribution is -2.15.